The number of aryl methyl sites for hydroxylation is 1. The summed E-state index contributed by atoms with van der Waals surface area (Å²) in [6.45, 7) is 4.22. The fourth-order valence-corrected chi connectivity index (χ4v) is 3.77. The van der Waals surface area contributed by atoms with E-state index >= 15 is 0 Å². The SMILES string of the molecule is Cc1cccc2c1NC1(CCOCC1)C(=NCc1cccc(Cl)c1)N2. The summed E-state index contributed by atoms with van der Waals surface area (Å²) in [5, 5.41) is 8.11. The normalized spacial score (nSPS) is 20.0. The van der Waals surface area contributed by atoms with Gasteiger partial charge in [-0.05, 0) is 36.2 Å². The Balaban J connectivity index is 1.69. The molecule has 0 aromatic heterocycles. The fourth-order valence-electron chi connectivity index (χ4n) is 3.56. The van der Waals surface area contributed by atoms with E-state index in [0.29, 0.717) is 6.54 Å². The molecule has 0 amide bonds. The molecule has 0 atom stereocenters. The number of hydrogen-bond acceptors (Lipinski definition) is 3. The molecule has 0 saturated carbocycles. The van der Waals surface area contributed by atoms with E-state index < -0.39 is 0 Å². The van der Waals surface area contributed by atoms with Crippen LogP contribution in [0.1, 0.15) is 24.0 Å². The highest BCUT2D eigenvalue weighted by molar-refractivity contribution is 6.30. The van der Waals surface area contributed by atoms with E-state index in [9.17, 15) is 0 Å². The molecule has 25 heavy (non-hydrogen) atoms. The lowest BCUT2D eigenvalue weighted by Crippen LogP contribution is -2.55. The molecule has 2 N–H and O–H groups in total. The second kappa shape index (κ2) is 6.70. The van der Waals surface area contributed by atoms with Gasteiger partial charge >= 0.3 is 0 Å². The second-order valence-corrected chi connectivity index (χ2v) is 7.17. The van der Waals surface area contributed by atoms with E-state index in [1.807, 2.05) is 18.2 Å². The van der Waals surface area contributed by atoms with Crippen molar-refractivity contribution in [3.05, 3.63) is 58.6 Å². The maximum Gasteiger partial charge on any atom is 0.127 e. The Kier molecular flexibility index (Phi) is 4.40. The summed E-state index contributed by atoms with van der Waals surface area (Å²) in [5.41, 5.74) is 4.42. The Labute approximate surface area is 153 Å². The summed E-state index contributed by atoms with van der Waals surface area (Å²) in [4.78, 5) is 4.93. The van der Waals surface area contributed by atoms with Gasteiger partial charge in [0.05, 0.1) is 23.5 Å². The zero-order valence-corrected chi connectivity index (χ0v) is 15.1. The van der Waals surface area contributed by atoms with Crippen LogP contribution in [-0.2, 0) is 11.3 Å². The number of benzene rings is 2. The van der Waals surface area contributed by atoms with Crippen LogP contribution in [0.2, 0.25) is 5.02 Å². The van der Waals surface area contributed by atoms with Crippen LogP contribution in [0.5, 0.6) is 0 Å². The van der Waals surface area contributed by atoms with Crippen LogP contribution in [-0.4, -0.2) is 24.6 Å². The summed E-state index contributed by atoms with van der Waals surface area (Å²) in [6, 6.07) is 14.2. The van der Waals surface area contributed by atoms with Crippen molar-refractivity contribution in [2.45, 2.75) is 31.8 Å². The highest BCUT2D eigenvalue weighted by atomic mass is 35.5. The number of hydrogen-bond donors (Lipinski definition) is 2. The molecular weight excluding hydrogens is 334 g/mol. The first-order valence-corrected chi connectivity index (χ1v) is 9.06. The quantitative estimate of drug-likeness (QED) is 0.825. The maximum absolute atomic E-state index is 6.10. The van der Waals surface area contributed by atoms with Gasteiger partial charge in [-0.25, -0.2) is 0 Å². The average Bonchev–Trinajstić information content (AvgIpc) is 2.62. The average molecular weight is 356 g/mol. The Hall–Kier alpha value is -2.04. The van der Waals surface area contributed by atoms with Crippen molar-refractivity contribution in [2.24, 2.45) is 4.99 Å². The fraction of sp³-hybridized carbons (Fsp3) is 0.350. The predicted molar refractivity (Wildman–Crippen MR) is 104 cm³/mol. The van der Waals surface area contributed by atoms with Gasteiger partial charge in [0.1, 0.15) is 5.84 Å². The molecule has 130 valence electrons. The van der Waals surface area contributed by atoms with Crippen molar-refractivity contribution < 1.29 is 4.74 Å². The Morgan fingerprint density at radius 3 is 2.76 bits per heavy atom. The number of ether oxygens (including phenoxy) is 1. The molecule has 0 radical (unpaired) electrons. The predicted octanol–water partition coefficient (Wildman–Crippen LogP) is 4.63. The summed E-state index contributed by atoms with van der Waals surface area (Å²) in [7, 11) is 0. The van der Waals surface area contributed by atoms with Gasteiger partial charge in [0.15, 0.2) is 0 Å². The number of fused-ring (bicyclic) bond motifs is 1. The van der Waals surface area contributed by atoms with Crippen molar-refractivity contribution in [2.75, 3.05) is 23.8 Å². The molecular formula is C20H22ClN3O. The molecule has 4 rings (SSSR count). The number of rotatable bonds is 2. The van der Waals surface area contributed by atoms with Crippen molar-refractivity contribution in [1.29, 1.82) is 0 Å². The number of nitrogens with one attached hydrogen (secondary N) is 2. The molecule has 2 aliphatic rings. The standard InChI is InChI=1S/C20H22ClN3O/c1-14-4-2-7-17-18(14)24-20(8-10-25-11-9-20)19(23-17)22-13-15-5-3-6-16(21)12-15/h2-7,12,24H,8-11,13H2,1H3,(H,22,23). The zero-order valence-electron chi connectivity index (χ0n) is 14.3. The molecule has 5 heteroatoms. The topological polar surface area (TPSA) is 45.6 Å². The van der Waals surface area contributed by atoms with Crippen molar-refractivity contribution in [3.63, 3.8) is 0 Å². The van der Waals surface area contributed by atoms with E-state index in [1.54, 1.807) is 0 Å². The van der Waals surface area contributed by atoms with Crippen LogP contribution in [0, 0.1) is 6.92 Å². The van der Waals surface area contributed by atoms with Gasteiger partial charge in [0, 0.05) is 31.1 Å². The third kappa shape index (κ3) is 3.24. The van der Waals surface area contributed by atoms with Crippen molar-refractivity contribution in [1.82, 2.24) is 0 Å². The molecule has 2 heterocycles. The molecule has 2 aromatic carbocycles. The van der Waals surface area contributed by atoms with E-state index in [-0.39, 0.29) is 5.54 Å². The first-order chi connectivity index (χ1) is 12.2. The van der Waals surface area contributed by atoms with E-state index in [2.05, 4.69) is 41.8 Å². The molecule has 1 saturated heterocycles. The third-order valence-electron chi connectivity index (χ3n) is 5.00. The minimum Gasteiger partial charge on any atom is -0.381 e. The lowest BCUT2D eigenvalue weighted by molar-refractivity contribution is 0.0778. The van der Waals surface area contributed by atoms with E-state index in [1.165, 1.54) is 11.3 Å². The number of halogens is 1. The minimum atomic E-state index is -0.185. The number of anilines is 2. The van der Waals surface area contributed by atoms with Gasteiger partial charge in [-0.15, -0.1) is 0 Å². The van der Waals surface area contributed by atoms with Gasteiger partial charge in [-0.3, -0.25) is 4.99 Å². The van der Waals surface area contributed by atoms with Gasteiger partial charge in [-0.1, -0.05) is 35.9 Å². The zero-order chi connectivity index (χ0) is 17.3. The lowest BCUT2D eigenvalue weighted by Gasteiger charge is -2.44. The summed E-state index contributed by atoms with van der Waals surface area (Å²) >= 11 is 6.10. The smallest absolute Gasteiger partial charge is 0.127 e. The minimum absolute atomic E-state index is 0.185. The summed E-state index contributed by atoms with van der Waals surface area (Å²) < 4.78 is 5.60. The van der Waals surface area contributed by atoms with Crippen LogP contribution in [0.4, 0.5) is 11.4 Å². The molecule has 0 aliphatic carbocycles. The molecule has 1 spiro atoms. The molecule has 1 fully saturated rings. The van der Waals surface area contributed by atoms with Crippen LogP contribution in [0.3, 0.4) is 0 Å². The van der Waals surface area contributed by atoms with Gasteiger partial charge in [0.2, 0.25) is 0 Å². The molecule has 0 unspecified atom stereocenters. The monoisotopic (exact) mass is 355 g/mol. The van der Waals surface area contributed by atoms with Gasteiger partial charge in [-0.2, -0.15) is 0 Å². The molecule has 0 bridgehead atoms. The second-order valence-electron chi connectivity index (χ2n) is 6.74. The highest BCUT2D eigenvalue weighted by Crippen LogP contribution is 2.38. The van der Waals surface area contributed by atoms with Crippen LogP contribution < -0.4 is 10.6 Å². The molecule has 4 nitrogen and oxygen atoms in total. The molecule has 2 aromatic rings. The largest absolute Gasteiger partial charge is 0.381 e. The number of amidine groups is 1. The summed E-state index contributed by atoms with van der Waals surface area (Å²) in [6.07, 6.45) is 1.81. The first kappa shape index (κ1) is 16.4. The Morgan fingerprint density at radius 1 is 1.16 bits per heavy atom. The summed E-state index contributed by atoms with van der Waals surface area (Å²) in [5.74, 6) is 0.994. The van der Waals surface area contributed by atoms with E-state index in [4.69, 9.17) is 21.3 Å². The molecule has 2 aliphatic heterocycles. The Bertz CT molecular complexity index is 812. The van der Waals surface area contributed by atoms with Crippen molar-refractivity contribution >= 4 is 28.8 Å². The number of aliphatic imine (C=N–C) groups is 1. The van der Waals surface area contributed by atoms with Crippen molar-refractivity contribution in [3.8, 4) is 0 Å². The number of nitrogens with zero attached hydrogens (tertiary/aromatic N) is 1. The number of para-hydroxylation sites is 1. The highest BCUT2D eigenvalue weighted by Gasteiger charge is 2.41. The van der Waals surface area contributed by atoms with Gasteiger partial charge < -0.3 is 15.4 Å². The maximum atomic E-state index is 6.10. The Morgan fingerprint density at radius 2 is 1.96 bits per heavy atom. The first-order valence-electron chi connectivity index (χ1n) is 8.68. The van der Waals surface area contributed by atoms with Gasteiger partial charge in [0.25, 0.3) is 0 Å². The van der Waals surface area contributed by atoms with E-state index in [0.717, 1.165) is 48.2 Å². The van der Waals surface area contributed by atoms with Crippen LogP contribution >= 0.6 is 11.6 Å². The van der Waals surface area contributed by atoms with Crippen LogP contribution in [0.15, 0.2) is 47.5 Å². The lowest BCUT2D eigenvalue weighted by atomic mass is 9.85. The van der Waals surface area contributed by atoms with Crippen LogP contribution in [0.25, 0.3) is 0 Å². The third-order valence-corrected chi connectivity index (χ3v) is 5.23.